The summed E-state index contributed by atoms with van der Waals surface area (Å²) in [7, 11) is 0. The Labute approximate surface area is 101 Å². The standard InChI is InChI=1S/C12H17N5/c1-9-3-4-11(13)12(15-9)16-10(2)7-17-6-5-14-8-17/h3-6,8,10H,7,13H2,1-2H3,(H,15,16). The fourth-order valence-corrected chi connectivity index (χ4v) is 1.67. The summed E-state index contributed by atoms with van der Waals surface area (Å²) in [5, 5.41) is 3.30. The fourth-order valence-electron chi connectivity index (χ4n) is 1.67. The number of rotatable bonds is 4. The summed E-state index contributed by atoms with van der Waals surface area (Å²) in [4.78, 5) is 8.39. The molecule has 2 rings (SSSR count). The second kappa shape index (κ2) is 4.86. The van der Waals surface area contributed by atoms with Gasteiger partial charge in [-0.2, -0.15) is 0 Å². The number of nitrogens with zero attached hydrogens (tertiary/aromatic N) is 3. The van der Waals surface area contributed by atoms with Crippen LogP contribution in [0.25, 0.3) is 0 Å². The van der Waals surface area contributed by atoms with Crippen molar-refractivity contribution >= 4 is 11.5 Å². The number of aryl methyl sites for hydroxylation is 1. The van der Waals surface area contributed by atoms with Crippen LogP contribution in [0.3, 0.4) is 0 Å². The second-order valence-corrected chi connectivity index (χ2v) is 4.20. The van der Waals surface area contributed by atoms with Crippen LogP contribution in [0.5, 0.6) is 0 Å². The Kier molecular flexibility index (Phi) is 3.27. The zero-order valence-electron chi connectivity index (χ0n) is 10.1. The van der Waals surface area contributed by atoms with Gasteiger partial charge in [-0.3, -0.25) is 0 Å². The highest BCUT2D eigenvalue weighted by Crippen LogP contribution is 2.16. The predicted molar refractivity (Wildman–Crippen MR) is 68.7 cm³/mol. The molecule has 0 fully saturated rings. The van der Waals surface area contributed by atoms with Crippen molar-refractivity contribution in [3.05, 3.63) is 36.5 Å². The molecule has 1 unspecified atom stereocenters. The maximum atomic E-state index is 5.87. The van der Waals surface area contributed by atoms with Crippen LogP contribution < -0.4 is 11.1 Å². The average Bonchev–Trinajstić information content (AvgIpc) is 2.76. The summed E-state index contributed by atoms with van der Waals surface area (Å²) in [5.74, 6) is 0.748. The van der Waals surface area contributed by atoms with Gasteiger partial charge in [0.05, 0.1) is 12.0 Å². The van der Waals surface area contributed by atoms with Gasteiger partial charge in [0.2, 0.25) is 0 Å². The van der Waals surface area contributed by atoms with Gasteiger partial charge in [-0.05, 0) is 26.0 Å². The van der Waals surface area contributed by atoms with Crippen molar-refractivity contribution in [3.8, 4) is 0 Å². The molecule has 0 aliphatic carbocycles. The van der Waals surface area contributed by atoms with E-state index in [1.165, 1.54) is 0 Å². The molecule has 0 radical (unpaired) electrons. The van der Waals surface area contributed by atoms with Crippen molar-refractivity contribution in [2.24, 2.45) is 0 Å². The molecule has 0 aliphatic rings. The minimum atomic E-state index is 0.237. The Morgan fingerprint density at radius 1 is 1.47 bits per heavy atom. The molecule has 0 bridgehead atoms. The predicted octanol–water partition coefficient (Wildman–Crippen LogP) is 1.67. The highest BCUT2D eigenvalue weighted by atomic mass is 15.1. The Morgan fingerprint density at radius 3 is 3.00 bits per heavy atom. The van der Waals surface area contributed by atoms with Gasteiger partial charge in [0.1, 0.15) is 5.82 Å². The number of nitrogens with two attached hydrogens (primary N) is 1. The minimum absolute atomic E-state index is 0.237. The summed E-state index contributed by atoms with van der Waals surface area (Å²) in [6.07, 6.45) is 5.50. The maximum absolute atomic E-state index is 5.87. The van der Waals surface area contributed by atoms with Gasteiger partial charge in [-0.15, -0.1) is 0 Å². The van der Waals surface area contributed by atoms with E-state index in [4.69, 9.17) is 5.73 Å². The number of nitrogens with one attached hydrogen (secondary N) is 1. The smallest absolute Gasteiger partial charge is 0.149 e. The van der Waals surface area contributed by atoms with Crippen LogP contribution in [0.15, 0.2) is 30.9 Å². The number of hydrogen-bond donors (Lipinski definition) is 2. The van der Waals surface area contributed by atoms with Crippen LogP contribution in [-0.4, -0.2) is 20.6 Å². The van der Waals surface area contributed by atoms with E-state index in [9.17, 15) is 0 Å². The van der Waals surface area contributed by atoms with Gasteiger partial charge in [0.25, 0.3) is 0 Å². The van der Waals surface area contributed by atoms with Crippen LogP contribution >= 0.6 is 0 Å². The van der Waals surface area contributed by atoms with E-state index >= 15 is 0 Å². The molecule has 0 saturated heterocycles. The van der Waals surface area contributed by atoms with Gasteiger partial charge in [0.15, 0.2) is 0 Å². The SMILES string of the molecule is Cc1ccc(N)c(NC(C)Cn2ccnc2)n1. The van der Waals surface area contributed by atoms with Gasteiger partial charge < -0.3 is 15.6 Å². The molecule has 2 aromatic heterocycles. The third-order valence-electron chi connectivity index (χ3n) is 2.49. The van der Waals surface area contributed by atoms with Crippen LogP contribution in [0, 0.1) is 6.92 Å². The van der Waals surface area contributed by atoms with E-state index in [1.807, 2.05) is 29.8 Å². The summed E-state index contributed by atoms with van der Waals surface area (Å²) in [6.45, 7) is 4.86. The normalized spacial score (nSPS) is 12.4. The van der Waals surface area contributed by atoms with Crippen molar-refractivity contribution in [2.75, 3.05) is 11.1 Å². The monoisotopic (exact) mass is 231 g/mol. The van der Waals surface area contributed by atoms with Crippen molar-refractivity contribution in [1.82, 2.24) is 14.5 Å². The molecular weight excluding hydrogens is 214 g/mol. The molecule has 0 aliphatic heterocycles. The average molecular weight is 231 g/mol. The topological polar surface area (TPSA) is 68.8 Å². The van der Waals surface area contributed by atoms with E-state index in [0.717, 1.165) is 18.1 Å². The molecule has 0 saturated carbocycles. The van der Waals surface area contributed by atoms with Gasteiger partial charge in [-0.1, -0.05) is 0 Å². The molecule has 1 atom stereocenters. The third-order valence-corrected chi connectivity index (χ3v) is 2.49. The first-order valence-electron chi connectivity index (χ1n) is 5.60. The van der Waals surface area contributed by atoms with Gasteiger partial charge in [-0.25, -0.2) is 9.97 Å². The van der Waals surface area contributed by atoms with Crippen LogP contribution in [-0.2, 0) is 6.54 Å². The first kappa shape index (κ1) is 11.4. The Morgan fingerprint density at radius 2 is 2.29 bits per heavy atom. The Balaban J connectivity index is 2.02. The molecule has 5 nitrogen and oxygen atoms in total. The van der Waals surface area contributed by atoms with E-state index in [-0.39, 0.29) is 6.04 Å². The number of aromatic nitrogens is 3. The van der Waals surface area contributed by atoms with E-state index in [2.05, 4.69) is 22.2 Å². The van der Waals surface area contributed by atoms with Crippen molar-refractivity contribution < 1.29 is 0 Å². The summed E-state index contributed by atoms with van der Waals surface area (Å²) >= 11 is 0. The lowest BCUT2D eigenvalue weighted by Crippen LogP contribution is -2.22. The molecule has 0 amide bonds. The maximum Gasteiger partial charge on any atom is 0.149 e. The first-order valence-corrected chi connectivity index (χ1v) is 5.60. The van der Waals surface area contributed by atoms with Crippen molar-refractivity contribution in [2.45, 2.75) is 26.4 Å². The van der Waals surface area contributed by atoms with Crippen LogP contribution in [0.2, 0.25) is 0 Å². The first-order chi connectivity index (χ1) is 8.15. The molecule has 90 valence electrons. The van der Waals surface area contributed by atoms with Gasteiger partial charge >= 0.3 is 0 Å². The number of hydrogen-bond acceptors (Lipinski definition) is 4. The summed E-state index contributed by atoms with van der Waals surface area (Å²) in [6, 6.07) is 4.01. The zero-order chi connectivity index (χ0) is 12.3. The molecule has 0 aromatic carbocycles. The molecule has 2 aromatic rings. The van der Waals surface area contributed by atoms with Crippen molar-refractivity contribution in [1.29, 1.82) is 0 Å². The lowest BCUT2D eigenvalue weighted by atomic mass is 10.3. The molecule has 0 spiro atoms. The third kappa shape index (κ3) is 2.96. The largest absolute Gasteiger partial charge is 0.396 e. The highest BCUT2D eigenvalue weighted by Gasteiger charge is 2.06. The number of anilines is 2. The van der Waals surface area contributed by atoms with Crippen LogP contribution in [0.1, 0.15) is 12.6 Å². The molecular formula is C12H17N5. The zero-order valence-corrected chi connectivity index (χ0v) is 10.1. The molecule has 17 heavy (non-hydrogen) atoms. The second-order valence-electron chi connectivity index (χ2n) is 4.20. The van der Waals surface area contributed by atoms with Crippen molar-refractivity contribution in [3.63, 3.8) is 0 Å². The molecule has 3 N–H and O–H groups in total. The van der Waals surface area contributed by atoms with Crippen LogP contribution in [0.4, 0.5) is 11.5 Å². The number of imidazole rings is 1. The summed E-state index contributed by atoms with van der Waals surface area (Å²) in [5.41, 5.74) is 7.50. The highest BCUT2D eigenvalue weighted by molar-refractivity contribution is 5.61. The van der Waals surface area contributed by atoms with E-state index in [1.54, 1.807) is 12.5 Å². The van der Waals surface area contributed by atoms with E-state index in [0.29, 0.717) is 5.69 Å². The van der Waals surface area contributed by atoms with E-state index < -0.39 is 0 Å². The fraction of sp³-hybridized carbons (Fsp3) is 0.333. The minimum Gasteiger partial charge on any atom is -0.396 e. The summed E-state index contributed by atoms with van der Waals surface area (Å²) < 4.78 is 2.02. The quantitative estimate of drug-likeness (QED) is 0.839. The number of pyridine rings is 1. The van der Waals surface area contributed by atoms with Gasteiger partial charge in [0, 0.05) is 30.7 Å². The lowest BCUT2D eigenvalue weighted by molar-refractivity contribution is 0.617. The lowest BCUT2D eigenvalue weighted by Gasteiger charge is -2.16. The molecule has 5 heteroatoms. The Bertz CT molecular complexity index is 478. The molecule has 2 heterocycles. The Hall–Kier alpha value is -2.04. The number of nitrogen functional groups attached to an aromatic ring is 1.